The maximum atomic E-state index is 2.70. The van der Waals surface area contributed by atoms with Crippen molar-refractivity contribution in [3.05, 3.63) is 243 Å². The highest BCUT2D eigenvalue weighted by atomic mass is 15.2. The topological polar surface area (TPSA) is 13.0 Å². The van der Waals surface area contributed by atoms with Gasteiger partial charge in [-0.15, -0.1) is 0 Å². The van der Waals surface area contributed by atoms with Gasteiger partial charge in [0.15, 0.2) is 0 Å². The molecule has 7 aromatic rings. The molecule has 14 rings (SSSR count). The third kappa shape index (κ3) is 6.42. The quantitative estimate of drug-likeness (QED) is 0.175. The van der Waals surface area contributed by atoms with E-state index in [1.165, 1.54) is 113 Å². The molecule has 4 nitrogen and oxygen atoms in total. The van der Waals surface area contributed by atoms with Gasteiger partial charge in [-0.1, -0.05) is 138 Å². The van der Waals surface area contributed by atoms with Crippen molar-refractivity contribution in [3.63, 3.8) is 0 Å². The Labute approximate surface area is 420 Å². The summed E-state index contributed by atoms with van der Waals surface area (Å²) in [7, 11) is 0. The van der Waals surface area contributed by atoms with Crippen molar-refractivity contribution < 1.29 is 0 Å². The molecule has 5 aliphatic heterocycles. The Morgan fingerprint density at radius 1 is 0.408 bits per heavy atom. The predicted molar refractivity (Wildman–Crippen MR) is 296 cm³/mol. The summed E-state index contributed by atoms with van der Waals surface area (Å²) in [5.74, 6) is 0.530. The standard InChI is InChI=1S/C67H62N4/c1-43-26-35-62-49(38-43)32-31-48-20-10-15-25-61(48)70(62)52-41-55-65-56(42-52)67(4,5)54-40-51(69-59-23-13-8-18-46(59)29-30-47-19-9-14-24-60(47)69)34-37-64(54)71(65)63-36-33-50(39-53(63)66(55,2)3)68-57-21-11-6-16-44(57)27-28-45-17-7-12-22-58(45)68/h6-26,33-37,39,41-43,51H,27-32,38,40H2,1-5H3. The number of hydrogen-bond acceptors (Lipinski definition) is 4. The Morgan fingerprint density at radius 2 is 0.887 bits per heavy atom. The third-order valence-electron chi connectivity index (χ3n) is 17.6. The zero-order valence-electron chi connectivity index (χ0n) is 41.8. The van der Waals surface area contributed by atoms with Crippen LogP contribution in [0.4, 0.5) is 51.2 Å². The van der Waals surface area contributed by atoms with Gasteiger partial charge in [0.05, 0.1) is 17.4 Å². The molecule has 0 amide bonds. The van der Waals surface area contributed by atoms with Gasteiger partial charge in [-0.25, -0.2) is 0 Å². The maximum absolute atomic E-state index is 2.70. The van der Waals surface area contributed by atoms with Crippen molar-refractivity contribution in [1.82, 2.24) is 0 Å². The molecular weight excluding hydrogens is 861 g/mol. The minimum atomic E-state index is -0.346. The molecule has 0 spiro atoms. The summed E-state index contributed by atoms with van der Waals surface area (Å²) in [6.07, 6.45) is 18.2. The summed E-state index contributed by atoms with van der Waals surface area (Å²) in [6, 6.07) is 58.4. The van der Waals surface area contributed by atoms with Crippen LogP contribution in [0.25, 0.3) is 0 Å². The molecule has 5 heterocycles. The van der Waals surface area contributed by atoms with Crippen molar-refractivity contribution in [3.8, 4) is 0 Å². The average molecular weight is 923 g/mol. The van der Waals surface area contributed by atoms with Gasteiger partial charge < -0.3 is 19.6 Å². The fourth-order valence-corrected chi connectivity index (χ4v) is 13.9. The Morgan fingerprint density at radius 3 is 1.48 bits per heavy atom. The first kappa shape index (κ1) is 42.6. The van der Waals surface area contributed by atoms with Crippen molar-refractivity contribution >= 4 is 51.2 Å². The maximum Gasteiger partial charge on any atom is 0.0564 e. The fourth-order valence-electron chi connectivity index (χ4n) is 13.9. The van der Waals surface area contributed by atoms with Crippen LogP contribution in [0.5, 0.6) is 0 Å². The number of allylic oxidation sites excluding steroid dienone is 4. The molecule has 7 aromatic carbocycles. The molecule has 0 radical (unpaired) electrons. The molecule has 0 aromatic heterocycles. The molecule has 2 atom stereocenters. The van der Waals surface area contributed by atoms with E-state index >= 15 is 0 Å². The highest BCUT2D eigenvalue weighted by molar-refractivity contribution is 5.93. The summed E-state index contributed by atoms with van der Waals surface area (Å²) >= 11 is 0. The first-order valence-corrected chi connectivity index (χ1v) is 26.4. The molecule has 7 aliphatic rings. The van der Waals surface area contributed by atoms with Gasteiger partial charge in [0, 0.05) is 62.0 Å². The van der Waals surface area contributed by atoms with Crippen molar-refractivity contribution in [1.29, 1.82) is 0 Å². The Kier molecular flexibility index (Phi) is 9.51. The van der Waals surface area contributed by atoms with Crippen molar-refractivity contribution in [2.75, 3.05) is 19.6 Å². The van der Waals surface area contributed by atoms with Gasteiger partial charge in [0.25, 0.3) is 0 Å². The number of para-hydroxylation sites is 5. The number of benzene rings is 7. The monoisotopic (exact) mass is 922 g/mol. The van der Waals surface area contributed by atoms with Crippen LogP contribution in [0.3, 0.4) is 0 Å². The van der Waals surface area contributed by atoms with E-state index in [4.69, 9.17) is 0 Å². The van der Waals surface area contributed by atoms with E-state index in [0.717, 1.165) is 51.4 Å². The molecule has 2 aliphatic carbocycles. The zero-order chi connectivity index (χ0) is 47.8. The van der Waals surface area contributed by atoms with E-state index in [1.54, 1.807) is 5.57 Å². The van der Waals surface area contributed by atoms with E-state index < -0.39 is 0 Å². The lowest BCUT2D eigenvalue weighted by molar-refractivity contribution is 0.539. The molecular formula is C67H62N4. The minimum Gasteiger partial charge on any atom is -0.334 e. The summed E-state index contributed by atoms with van der Waals surface area (Å²) in [5, 5.41) is 0. The number of aryl methyl sites for hydroxylation is 5. The third-order valence-corrected chi connectivity index (χ3v) is 17.6. The van der Waals surface area contributed by atoms with Crippen LogP contribution in [0, 0.1) is 5.92 Å². The highest BCUT2D eigenvalue weighted by Gasteiger charge is 2.49. The zero-order valence-corrected chi connectivity index (χ0v) is 41.8. The van der Waals surface area contributed by atoms with Crippen molar-refractivity contribution in [2.24, 2.45) is 5.92 Å². The van der Waals surface area contributed by atoms with Gasteiger partial charge in [-0.3, -0.25) is 0 Å². The van der Waals surface area contributed by atoms with Gasteiger partial charge in [0.1, 0.15) is 0 Å². The second-order valence-electron chi connectivity index (χ2n) is 22.4. The van der Waals surface area contributed by atoms with Crippen LogP contribution in [0.2, 0.25) is 0 Å². The normalized spacial score (nSPS) is 20.7. The number of nitrogens with zero attached hydrogens (tertiary/aromatic N) is 4. The lowest BCUT2D eigenvalue weighted by atomic mass is 9.64. The first-order valence-electron chi connectivity index (χ1n) is 26.4. The van der Waals surface area contributed by atoms with E-state index in [0.29, 0.717) is 5.92 Å². The molecule has 0 N–H and O–H groups in total. The largest absolute Gasteiger partial charge is 0.334 e. The summed E-state index contributed by atoms with van der Waals surface area (Å²) in [4.78, 5) is 10.6. The summed E-state index contributed by atoms with van der Waals surface area (Å²) in [6.45, 7) is 12.4. The second-order valence-corrected chi connectivity index (χ2v) is 22.4. The smallest absolute Gasteiger partial charge is 0.0564 e. The number of hydrogen-bond donors (Lipinski definition) is 0. The molecule has 0 saturated carbocycles. The second kappa shape index (κ2) is 15.9. The average Bonchev–Trinajstić information content (AvgIpc) is 3.76. The van der Waals surface area contributed by atoms with Crippen LogP contribution in [-0.2, 0) is 42.9 Å². The van der Waals surface area contributed by atoms with E-state index in [9.17, 15) is 0 Å². The molecule has 0 bridgehead atoms. The Balaban J connectivity index is 1.00. The van der Waals surface area contributed by atoms with Crippen LogP contribution in [0.1, 0.15) is 98.4 Å². The fraction of sp³-hybridized carbons (Fsp3) is 0.254. The lowest BCUT2D eigenvalue weighted by Crippen LogP contribution is -2.44. The van der Waals surface area contributed by atoms with Gasteiger partial charge in [-0.05, 0) is 186 Å². The Hall–Kier alpha value is -7.30. The molecule has 4 heteroatoms. The van der Waals surface area contributed by atoms with Gasteiger partial charge in [0.2, 0.25) is 0 Å². The molecule has 350 valence electrons. The van der Waals surface area contributed by atoms with Crippen LogP contribution in [-0.4, -0.2) is 6.04 Å². The molecule has 71 heavy (non-hydrogen) atoms. The van der Waals surface area contributed by atoms with Gasteiger partial charge in [-0.2, -0.15) is 0 Å². The molecule has 2 unspecified atom stereocenters. The molecule has 0 saturated heterocycles. The summed E-state index contributed by atoms with van der Waals surface area (Å²) in [5.41, 5.74) is 28.0. The Bertz CT molecular complexity index is 3410. The van der Waals surface area contributed by atoms with Crippen LogP contribution >= 0.6 is 0 Å². The number of rotatable bonds is 3. The van der Waals surface area contributed by atoms with E-state index in [1.807, 2.05) is 0 Å². The highest BCUT2D eigenvalue weighted by Crippen LogP contribution is 2.62. The molecule has 0 fully saturated rings. The predicted octanol–water partition coefficient (Wildman–Crippen LogP) is 16.8. The van der Waals surface area contributed by atoms with E-state index in [-0.39, 0.29) is 16.9 Å². The number of fused-ring (bicyclic) bond motifs is 8. The SMILES string of the molecule is CC1C=CC2=C(CCc3ccccc3N2c2cc3c4c(c2)C(C)(C)c2cc(N5c6ccccc6CCc6ccccc65)ccc2N4C2=C(CC(N4c5ccccc5CCc5ccccc54)C=C2)C3(C)C)C1. The summed E-state index contributed by atoms with van der Waals surface area (Å²) < 4.78 is 0. The lowest BCUT2D eigenvalue weighted by Gasteiger charge is -2.52. The first-order chi connectivity index (χ1) is 34.6. The van der Waals surface area contributed by atoms with Gasteiger partial charge >= 0.3 is 0 Å². The van der Waals surface area contributed by atoms with Crippen molar-refractivity contribution in [2.45, 2.75) is 103 Å². The number of anilines is 9. The van der Waals surface area contributed by atoms with Crippen LogP contribution < -0.4 is 19.6 Å². The minimum absolute atomic E-state index is 0.142. The van der Waals surface area contributed by atoms with E-state index in [2.05, 4.69) is 230 Å². The van der Waals surface area contributed by atoms with Crippen LogP contribution in [0.15, 0.2) is 199 Å².